The van der Waals surface area contributed by atoms with Crippen LogP contribution in [-0.2, 0) is 7.05 Å². The average molecular weight is 487 g/mol. The Labute approximate surface area is 210 Å². The molecule has 9 heteroatoms. The van der Waals surface area contributed by atoms with Crippen molar-refractivity contribution in [3.05, 3.63) is 55.0 Å². The fraction of sp³-hybridized carbons (Fsp3) is 0.333. The molecule has 2 aromatic heterocycles. The van der Waals surface area contributed by atoms with E-state index in [0.717, 1.165) is 41.8 Å². The molecule has 4 aromatic rings. The van der Waals surface area contributed by atoms with Crippen molar-refractivity contribution < 1.29 is 14.3 Å². The first kappa shape index (κ1) is 23.7. The molecule has 1 fully saturated rings. The van der Waals surface area contributed by atoms with Crippen molar-refractivity contribution in [3.8, 4) is 34.0 Å². The van der Waals surface area contributed by atoms with Gasteiger partial charge in [-0.25, -0.2) is 14.8 Å². The quantitative estimate of drug-likeness (QED) is 0.417. The first-order valence-electron chi connectivity index (χ1n) is 12.1. The Morgan fingerprint density at radius 2 is 1.89 bits per heavy atom. The lowest BCUT2D eigenvalue weighted by Crippen LogP contribution is -2.54. The third kappa shape index (κ3) is 4.49. The monoisotopic (exact) mass is 486 g/mol. The highest BCUT2D eigenvalue weighted by Crippen LogP contribution is 2.38. The van der Waals surface area contributed by atoms with Crippen LogP contribution in [0.5, 0.6) is 11.5 Å². The third-order valence-corrected chi connectivity index (χ3v) is 6.64. The highest BCUT2D eigenvalue weighted by Gasteiger charge is 2.29. The summed E-state index contributed by atoms with van der Waals surface area (Å²) in [5.74, 6) is 0.774. The number of hydrogen-bond donors (Lipinski definition) is 0. The molecule has 0 spiro atoms. The number of carbonyl (C=O) groups is 1. The first-order valence-corrected chi connectivity index (χ1v) is 12.1. The topological polar surface area (TPSA) is 85.6 Å². The standard InChI is InChI=1S/C27H30N6O3/c1-5-32-11-12-33(18(2)15-32)27(34)36-24-13-20-22(14-23(24)35-4)28-17-29-26(20)21-16-31(3)30-25(21)19-9-7-6-8-10-19/h6-10,13-14,16-18H,5,11-12,15H2,1-4H3/t18-/m0/s1. The predicted octanol–water partition coefficient (Wildman–Crippen LogP) is 4.23. The summed E-state index contributed by atoms with van der Waals surface area (Å²) in [6.45, 7) is 7.40. The minimum absolute atomic E-state index is 0.0559. The molecule has 0 aliphatic carbocycles. The Morgan fingerprint density at radius 3 is 2.61 bits per heavy atom. The van der Waals surface area contributed by atoms with Crippen LogP contribution in [-0.4, -0.2) is 75.0 Å². The summed E-state index contributed by atoms with van der Waals surface area (Å²) in [6, 6.07) is 13.6. The van der Waals surface area contributed by atoms with Crippen molar-refractivity contribution in [1.29, 1.82) is 0 Å². The number of methoxy groups -OCH3 is 1. The Balaban J connectivity index is 1.54. The summed E-state index contributed by atoms with van der Waals surface area (Å²) < 4.78 is 13.2. The summed E-state index contributed by atoms with van der Waals surface area (Å²) in [7, 11) is 3.44. The van der Waals surface area contributed by atoms with E-state index in [0.29, 0.717) is 29.3 Å². The molecule has 1 saturated heterocycles. The van der Waals surface area contributed by atoms with Gasteiger partial charge in [0.25, 0.3) is 0 Å². The van der Waals surface area contributed by atoms with Crippen LogP contribution >= 0.6 is 0 Å². The summed E-state index contributed by atoms with van der Waals surface area (Å²) in [4.78, 5) is 26.3. The number of rotatable bonds is 5. The van der Waals surface area contributed by atoms with Crippen LogP contribution in [0.3, 0.4) is 0 Å². The van der Waals surface area contributed by atoms with Crippen LogP contribution in [0.4, 0.5) is 4.79 Å². The van der Waals surface area contributed by atoms with Crippen molar-refractivity contribution in [3.63, 3.8) is 0 Å². The molecule has 5 rings (SSSR count). The Bertz CT molecular complexity index is 1390. The van der Waals surface area contributed by atoms with E-state index in [1.54, 1.807) is 28.8 Å². The van der Waals surface area contributed by atoms with E-state index in [2.05, 4.69) is 26.9 Å². The van der Waals surface area contributed by atoms with Gasteiger partial charge in [-0.1, -0.05) is 37.3 Å². The second kappa shape index (κ2) is 9.94. The number of aromatic nitrogens is 4. The minimum Gasteiger partial charge on any atom is -0.493 e. The summed E-state index contributed by atoms with van der Waals surface area (Å²) in [6.07, 6.45) is 3.08. The molecule has 36 heavy (non-hydrogen) atoms. The molecule has 186 valence electrons. The van der Waals surface area contributed by atoms with Crippen LogP contribution in [0.1, 0.15) is 13.8 Å². The zero-order chi connectivity index (χ0) is 25.2. The van der Waals surface area contributed by atoms with Gasteiger partial charge in [-0.15, -0.1) is 0 Å². The molecule has 0 N–H and O–H groups in total. The molecule has 1 amide bonds. The SMILES string of the molecule is CCN1CCN(C(=O)Oc2cc3c(-c4cn(C)nc4-c4ccccc4)ncnc3cc2OC)[C@@H](C)C1. The molecule has 9 nitrogen and oxygen atoms in total. The lowest BCUT2D eigenvalue weighted by Gasteiger charge is -2.38. The fourth-order valence-corrected chi connectivity index (χ4v) is 4.73. The van der Waals surface area contributed by atoms with Gasteiger partial charge in [0, 0.05) is 61.5 Å². The summed E-state index contributed by atoms with van der Waals surface area (Å²) >= 11 is 0. The number of fused-ring (bicyclic) bond motifs is 1. The molecule has 1 aliphatic rings. The van der Waals surface area contributed by atoms with Crippen molar-refractivity contribution in [2.24, 2.45) is 7.05 Å². The van der Waals surface area contributed by atoms with Gasteiger partial charge < -0.3 is 14.4 Å². The van der Waals surface area contributed by atoms with E-state index in [9.17, 15) is 4.79 Å². The minimum atomic E-state index is -0.388. The van der Waals surface area contributed by atoms with Crippen LogP contribution in [0.25, 0.3) is 33.4 Å². The van der Waals surface area contributed by atoms with Gasteiger partial charge in [-0.2, -0.15) is 5.10 Å². The second-order valence-electron chi connectivity index (χ2n) is 8.98. The van der Waals surface area contributed by atoms with Gasteiger partial charge in [0.1, 0.15) is 12.0 Å². The maximum atomic E-state index is 13.2. The predicted molar refractivity (Wildman–Crippen MR) is 138 cm³/mol. The number of benzene rings is 2. The number of piperazine rings is 1. The molecule has 3 heterocycles. The normalized spacial score (nSPS) is 16.3. The highest BCUT2D eigenvalue weighted by atomic mass is 16.6. The summed E-state index contributed by atoms with van der Waals surface area (Å²) in [5.41, 5.74) is 4.06. The molecule has 0 unspecified atom stereocenters. The maximum Gasteiger partial charge on any atom is 0.415 e. The van der Waals surface area contributed by atoms with Crippen molar-refractivity contribution >= 4 is 17.0 Å². The number of carbonyl (C=O) groups excluding carboxylic acids is 1. The number of aryl methyl sites for hydroxylation is 1. The highest BCUT2D eigenvalue weighted by molar-refractivity contribution is 5.97. The van der Waals surface area contributed by atoms with E-state index in [4.69, 9.17) is 9.47 Å². The zero-order valence-electron chi connectivity index (χ0n) is 21.0. The van der Waals surface area contributed by atoms with E-state index in [1.807, 2.05) is 50.5 Å². The van der Waals surface area contributed by atoms with E-state index < -0.39 is 0 Å². The van der Waals surface area contributed by atoms with Gasteiger partial charge in [-0.3, -0.25) is 9.58 Å². The van der Waals surface area contributed by atoms with Crippen LogP contribution in [0.2, 0.25) is 0 Å². The van der Waals surface area contributed by atoms with Crippen molar-refractivity contribution in [2.75, 3.05) is 33.3 Å². The fourth-order valence-electron chi connectivity index (χ4n) is 4.73. The van der Waals surface area contributed by atoms with E-state index in [1.165, 1.54) is 6.33 Å². The maximum absolute atomic E-state index is 13.2. The van der Waals surface area contributed by atoms with Gasteiger partial charge in [0.15, 0.2) is 11.5 Å². The zero-order valence-corrected chi connectivity index (χ0v) is 21.0. The van der Waals surface area contributed by atoms with Crippen LogP contribution in [0, 0.1) is 0 Å². The Morgan fingerprint density at radius 1 is 1.08 bits per heavy atom. The molecular formula is C27H30N6O3. The second-order valence-corrected chi connectivity index (χ2v) is 8.98. The number of likely N-dealkylation sites (N-methyl/N-ethyl adjacent to an activating group) is 1. The summed E-state index contributed by atoms with van der Waals surface area (Å²) in [5, 5.41) is 5.43. The largest absolute Gasteiger partial charge is 0.493 e. The van der Waals surface area contributed by atoms with Gasteiger partial charge in [-0.05, 0) is 19.5 Å². The van der Waals surface area contributed by atoms with Gasteiger partial charge in [0.2, 0.25) is 0 Å². The lowest BCUT2D eigenvalue weighted by molar-refractivity contribution is 0.0803. The van der Waals surface area contributed by atoms with E-state index in [-0.39, 0.29) is 12.1 Å². The van der Waals surface area contributed by atoms with Gasteiger partial charge >= 0.3 is 6.09 Å². The first-order chi connectivity index (χ1) is 17.5. The third-order valence-electron chi connectivity index (χ3n) is 6.64. The van der Waals surface area contributed by atoms with Gasteiger partial charge in [0.05, 0.1) is 18.3 Å². The number of nitrogens with zero attached hydrogens (tertiary/aromatic N) is 6. The van der Waals surface area contributed by atoms with Crippen molar-refractivity contribution in [1.82, 2.24) is 29.5 Å². The van der Waals surface area contributed by atoms with Crippen LogP contribution < -0.4 is 9.47 Å². The van der Waals surface area contributed by atoms with E-state index >= 15 is 0 Å². The average Bonchev–Trinajstić information content (AvgIpc) is 3.29. The number of amides is 1. The van der Waals surface area contributed by atoms with Crippen LogP contribution in [0.15, 0.2) is 55.0 Å². The Kier molecular flexibility index (Phi) is 6.56. The lowest BCUT2D eigenvalue weighted by atomic mass is 10.0. The molecule has 0 saturated carbocycles. The molecule has 1 atom stereocenters. The number of hydrogen-bond acceptors (Lipinski definition) is 7. The molecule has 1 aliphatic heterocycles. The smallest absolute Gasteiger partial charge is 0.415 e. The number of ether oxygens (including phenoxy) is 2. The molecule has 2 aromatic carbocycles. The molecular weight excluding hydrogens is 456 g/mol. The molecule has 0 bridgehead atoms. The Hall–Kier alpha value is -3.98. The molecule has 0 radical (unpaired) electrons. The van der Waals surface area contributed by atoms with Crippen molar-refractivity contribution in [2.45, 2.75) is 19.9 Å².